The standard InChI is InChI=1S/C18H22N4O4S/c1-2-10-20-17(23)9-13-21-18(24)14-3-5-16(6-4-14)27(25,26)22-15-7-11-19-12-8-15/h3-8,11-12H,2,9-10,13H2,1H3,(H,19,22)(H,20,23)(H,21,24). The first-order valence-electron chi connectivity index (χ1n) is 8.50. The van der Waals surface area contributed by atoms with Crippen LogP contribution in [0.1, 0.15) is 30.1 Å². The summed E-state index contributed by atoms with van der Waals surface area (Å²) in [6.45, 7) is 2.77. The van der Waals surface area contributed by atoms with Crippen LogP contribution in [0, 0.1) is 0 Å². The van der Waals surface area contributed by atoms with Gasteiger partial charge in [0, 0.05) is 37.5 Å². The molecule has 2 aromatic rings. The van der Waals surface area contributed by atoms with Crippen LogP contribution in [0.4, 0.5) is 5.69 Å². The summed E-state index contributed by atoms with van der Waals surface area (Å²) >= 11 is 0. The minimum atomic E-state index is -3.76. The highest BCUT2D eigenvalue weighted by Crippen LogP contribution is 2.15. The predicted molar refractivity (Wildman–Crippen MR) is 102 cm³/mol. The zero-order valence-electron chi connectivity index (χ0n) is 14.9. The molecule has 2 amide bonds. The Balaban J connectivity index is 1.92. The maximum atomic E-state index is 12.3. The smallest absolute Gasteiger partial charge is 0.261 e. The Kier molecular flexibility index (Phi) is 7.30. The van der Waals surface area contributed by atoms with E-state index in [9.17, 15) is 18.0 Å². The van der Waals surface area contributed by atoms with Crippen LogP contribution < -0.4 is 15.4 Å². The minimum absolute atomic E-state index is 0.0369. The number of anilines is 1. The SMILES string of the molecule is CCCNC(=O)CCNC(=O)c1ccc(S(=O)(=O)Nc2ccncc2)cc1. The quantitative estimate of drug-likeness (QED) is 0.600. The van der Waals surface area contributed by atoms with Gasteiger partial charge in [-0.05, 0) is 42.8 Å². The Morgan fingerprint density at radius 2 is 1.63 bits per heavy atom. The van der Waals surface area contributed by atoms with Crippen molar-refractivity contribution in [3.8, 4) is 0 Å². The fourth-order valence-electron chi connectivity index (χ4n) is 2.16. The molecule has 9 heteroatoms. The summed E-state index contributed by atoms with van der Waals surface area (Å²) in [6.07, 6.45) is 4.00. The van der Waals surface area contributed by atoms with Crippen LogP contribution in [0.5, 0.6) is 0 Å². The summed E-state index contributed by atoms with van der Waals surface area (Å²) < 4.78 is 27.1. The number of benzene rings is 1. The number of pyridine rings is 1. The lowest BCUT2D eigenvalue weighted by atomic mass is 10.2. The molecule has 0 aliphatic rings. The van der Waals surface area contributed by atoms with Crippen molar-refractivity contribution in [2.24, 2.45) is 0 Å². The van der Waals surface area contributed by atoms with E-state index in [0.717, 1.165) is 6.42 Å². The molecular formula is C18H22N4O4S. The fourth-order valence-corrected chi connectivity index (χ4v) is 3.22. The molecule has 0 spiro atoms. The van der Waals surface area contributed by atoms with Crippen molar-refractivity contribution in [1.82, 2.24) is 15.6 Å². The molecule has 0 saturated heterocycles. The second-order valence-corrected chi connectivity index (χ2v) is 7.40. The van der Waals surface area contributed by atoms with Crippen LogP contribution >= 0.6 is 0 Å². The third kappa shape index (κ3) is 6.37. The molecule has 0 bridgehead atoms. The van der Waals surface area contributed by atoms with Gasteiger partial charge < -0.3 is 10.6 Å². The molecule has 0 aliphatic heterocycles. The number of nitrogens with one attached hydrogen (secondary N) is 3. The van der Waals surface area contributed by atoms with E-state index in [2.05, 4.69) is 20.3 Å². The summed E-state index contributed by atoms with van der Waals surface area (Å²) in [5.74, 6) is -0.495. The van der Waals surface area contributed by atoms with Crippen LogP contribution in [0.2, 0.25) is 0 Å². The van der Waals surface area contributed by atoms with Crippen molar-refractivity contribution in [1.29, 1.82) is 0 Å². The van der Waals surface area contributed by atoms with Crippen LogP contribution in [-0.4, -0.2) is 38.3 Å². The van der Waals surface area contributed by atoms with E-state index in [-0.39, 0.29) is 29.7 Å². The molecule has 1 heterocycles. The normalized spacial score (nSPS) is 10.9. The monoisotopic (exact) mass is 390 g/mol. The molecular weight excluding hydrogens is 368 g/mol. The molecule has 0 saturated carbocycles. The second kappa shape index (κ2) is 9.67. The maximum absolute atomic E-state index is 12.3. The van der Waals surface area contributed by atoms with Gasteiger partial charge in [-0.15, -0.1) is 0 Å². The molecule has 8 nitrogen and oxygen atoms in total. The average molecular weight is 390 g/mol. The van der Waals surface area contributed by atoms with Gasteiger partial charge in [-0.25, -0.2) is 8.42 Å². The van der Waals surface area contributed by atoms with Gasteiger partial charge in [0.2, 0.25) is 5.91 Å². The Labute approximate surface area is 158 Å². The van der Waals surface area contributed by atoms with Crippen molar-refractivity contribution in [2.45, 2.75) is 24.7 Å². The Bertz CT molecular complexity index is 868. The first-order chi connectivity index (χ1) is 12.9. The molecule has 0 atom stereocenters. The highest BCUT2D eigenvalue weighted by atomic mass is 32.2. The van der Waals surface area contributed by atoms with Gasteiger partial charge >= 0.3 is 0 Å². The average Bonchev–Trinajstić information content (AvgIpc) is 2.67. The minimum Gasteiger partial charge on any atom is -0.356 e. The lowest BCUT2D eigenvalue weighted by Crippen LogP contribution is -2.31. The molecule has 3 N–H and O–H groups in total. The van der Waals surface area contributed by atoms with Gasteiger partial charge in [0.1, 0.15) is 0 Å². The Morgan fingerprint density at radius 1 is 0.963 bits per heavy atom. The summed E-state index contributed by atoms with van der Waals surface area (Å²) in [5, 5.41) is 5.35. The van der Waals surface area contributed by atoms with E-state index in [0.29, 0.717) is 17.8 Å². The van der Waals surface area contributed by atoms with E-state index in [1.54, 1.807) is 0 Å². The third-order valence-electron chi connectivity index (χ3n) is 3.57. The van der Waals surface area contributed by atoms with Crippen molar-refractivity contribution in [3.63, 3.8) is 0 Å². The Morgan fingerprint density at radius 3 is 2.26 bits per heavy atom. The molecule has 0 unspecified atom stereocenters. The molecule has 2 rings (SSSR count). The topological polar surface area (TPSA) is 117 Å². The van der Waals surface area contributed by atoms with E-state index >= 15 is 0 Å². The van der Waals surface area contributed by atoms with Crippen LogP contribution in [0.15, 0.2) is 53.7 Å². The molecule has 144 valence electrons. The zero-order valence-corrected chi connectivity index (χ0v) is 15.8. The van der Waals surface area contributed by atoms with Crippen LogP contribution in [0.25, 0.3) is 0 Å². The first-order valence-corrected chi connectivity index (χ1v) is 9.98. The van der Waals surface area contributed by atoms with Gasteiger partial charge in [0.15, 0.2) is 0 Å². The largest absolute Gasteiger partial charge is 0.356 e. The van der Waals surface area contributed by atoms with E-state index < -0.39 is 10.0 Å². The van der Waals surface area contributed by atoms with Gasteiger partial charge in [-0.2, -0.15) is 0 Å². The number of carbonyl (C=O) groups excluding carboxylic acids is 2. The van der Waals surface area contributed by atoms with E-state index in [4.69, 9.17) is 0 Å². The number of carbonyl (C=O) groups is 2. The summed E-state index contributed by atoms with van der Waals surface area (Å²) in [7, 11) is -3.76. The van der Waals surface area contributed by atoms with Gasteiger partial charge in [-0.3, -0.25) is 19.3 Å². The highest BCUT2D eigenvalue weighted by molar-refractivity contribution is 7.92. The van der Waals surface area contributed by atoms with Crippen molar-refractivity contribution in [3.05, 3.63) is 54.4 Å². The van der Waals surface area contributed by atoms with Crippen LogP contribution in [0.3, 0.4) is 0 Å². The lowest BCUT2D eigenvalue weighted by Gasteiger charge is -2.09. The van der Waals surface area contributed by atoms with Crippen molar-refractivity contribution >= 4 is 27.5 Å². The number of aromatic nitrogens is 1. The third-order valence-corrected chi connectivity index (χ3v) is 4.97. The van der Waals surface area contributed by atoms with Gasteiger partial charge in [0.05, 0.1) is 10.6 Å². The second-order valence-electron chi connectivity index (χ2n) is 5.72. The first kappa shape index (κ1) is 20.4. The number of rotatable bonds is 9. The predicted octanol–water partition coefficient (Wildman–Crippen LogP) is 1.53. The number of sulfonamides is 1. The van der Waals surface area contributed by atoms with Gasteiger partial charge in [-0.1, -0.05) is 6.92 Å². The summed E-state index contributed by atoms with van der Waals surface area (Å²) in [4.78, 5) is 27.4. The number of hydrogen-bond acceptors (Lipinski definition) is 5. The molecule has 0 radical (unpaired) electrons. The van der Waals surface area contributed by atoms with Crippen LogP contribution in [-0.2, 0) is 14.8 Å². The van der Waals surface area contributed by atoms with Gasteiger partial charge in [0.25, 0.3) is 15.9 Å². The number of hydrogen-bond donors (Lipinski definition) is 3. The fraction of sp³-hybridized carbons (Fsp3) is 0.278. The van der Waals surface area contributed by atoms with E-state index in [1.165, 1.54) is 48.8 Å². The van der Waals surface area contributed by atoms with Crippen molar-refractivity contribution < 1.29 is 18.0 Å². The molecule has 27 heavy (non-hydrogen) atoms. The number of amides is 2. The molecule has 0 fully saturated rings. The zero-order chi connectivity index (χ0) is 19.7. The molecule has 1 aromatic heterocycles. The Hall–Kier alpha value is -2.94. The number of nitrogens with zero attached hydrogens (tertiary/aromatic N) is 1. The van der Waals surface area contributed by atoms with E-state index in [1.807, 2.05) is 6.92 Å². The summed E-state index contributed by atoms with van der Waals surface area (Å²) in [6, 6.07) is 8.63. The molecule has 1 aromatic carbocycles. The summed E-state index contributed by atoms with van der Waals surface area (Å²) in [5.41, 5.74) is 0.708. The lowest BCUT2D eigenvalue weighted by molar-refractivity contribution is -0.120. The van der Waals surface area contributed by atoms with Crippen molar-refractivity contribution in [2.75, 3.05) is 17.8 Å². The maximum Gasteiger partial charge on any atom is 0.261 e. The molecule has 0 aliphatic carbocycles. The highest BCUT2D eigenvalue weighted by Gasteiger charge is 2.15.